The summed E-state index contributed by atoms with van der Waals surface area (Å²) in [6, 6.07) is 14.7. The van der Waals surface area contributed by atoms with Crippen LogP contribution in [-0.4, -0.2) is 37.7 Å². The third-order valence-corrected chi connectivity index (χ3v) is 6.07. The number of carbonyl (C=O) groups is 2. The van der Waals surface area contributed by atoms with Gasteiger partial charge < -0.3 is 19.7 Å². The van der Waals surface area contributed by atoms with Gasteiger partial charge in [-0.1, -0.05) is 23.4 Å². The van der Waals surface area contributed by atoms with E-state index in [4.69, 9.17) is 19.7 Å². The first-order chi connectivity index (χ1) is 16.6. The second kappa shape index (κ2) is 8.90. The molecule has 12 heteroatoms. The monoisotopic (exact) mass is 492 g/mol. The summed E-state index contributed by atoms with van der Waals surface area (Å²) in [6.07, 6.45) is 0. The lowest BCUT2D eigenvalue weighted by molar-refractivity contribution is 0.0698. The maximum atomic E-state index is 13.0. The Morgan fingerprint density at radius 3 is 2.54 bits per heavy atom. The molecule has 0 bridgehead atoms. The number of primary sulfonamides is 1. The molecule has 3 aromatic carbocycles. The number of para-hydroxylation sites is 1. The molecule has 0 aliphatic heterocycles. The number of nitrogens with two attached hydrogens (primary N) is 1. The van der Waals surface area contributed by atoms with Crippen LogP contribution in [0.2, 0.25) is 0 Å². The van der Waals surface area contributed by atoms with Crippen LogP contribution >= 0.6 is 0 Å². The third-order valence-electron chi connectivity index (χ3n) is 5.12. The largest absolute Gasteiger partial charge is 0.496 e. The van der Waals surface area contributed by atoms with Crippen molar-refractivity contribution in [3.8, 4) is 22.9 Å². The Kier molecular flexibility index (Phi) is 5.96. The number of benzene rings is 3. The molecule has 0 aliphatic rings. The molecular formula is C23H16N4O7S. The summed E-state index contributed by atoms with van der Waals surface area (Å²) < 4.78 is 35.2. The number of nitrogens with zero attached hydrogens (tertiary/aromatic N) is 2. The zero-order valence-electron chi connectivity index (χ0n) is 18.0. The predicted molar refractivity (Wildman–Crippen MR) is 123 cm³/mol. The Hall–Kier alpha value is -4.73. The van der Waals surface area contributed by atoms with E-state index in [9.17, 15) is 23.1 Å². The van der Waals surface area contributed by atoms with Crippen LogP contribution in [0.1, 0.15) is 26.4 Å². The SMILES string of the molecule is COc1ccccc1-c1cc2c(C(=O)Nc3ccc(C#N)cc3C(=O)O)noc2cc1S(N)(=O)=O. The smallest absolute Gasteiger partial charge is 0.337 e. The first kappa shape index (κ1) is 23.4. The predicted octanol–water partition coefficient (Wildman–Crippen LogP) is 2.97. The van der Waals surface area contributed by atoms with Crippen molar-refractivity contribution in [3.63, 3.8) is 0 Å². The van der Waals surface area contributed by atoms with Crippen LogP contribution in [0.5, 0.6) is 5.75 Å². The topological polar surface area (TPSA) is 186 Å². The number of amides is 1. The molecule has 0 saturated carbocycles. The minimum absolute atomic E-state index is 0.0314. The van der Waals surface area contributed by atoms with Gasteiger partial charge in [-0.3, -0.25) is 4.79 Å². The number of aromatic nitrogens is 1. The van der Waals surface area contributed by atoms with Gasteiger partial charge in [0.1, 0.15) is 5.75 Å². The van der Waals surface area contributed by atoms with Crippen molar-refractivity contribution in [1.82, 2.24) is 5.16 Å². The first-order valence-electron chi connectivity index (χ1n) is 9.82. The van der Waals surface area contributed by atoms with Crippen molar-refractivity contribution < 1.29 is 32.4 Å². The lowest BCUT2D eigenvalue weighted by Crippen LogP contribution is -2.16. The molecule has 176 valence electrons. The molecule has 0 aliphatic carbocycles. The number of carbonyl (C=O) groups excluding carboxylic acids is 1. The fraction of sp³-hybridized carbons (Fsp3) is 0.0435. The average Bonchev–Trinajstić information content (AvgIpc) is 3.26. The number of fused-ring (bicyclic) bond motifs is 1. The molecule has 4 aromatic rings. The molecule has 0 spiro atoms. The van der Waals surface area contributed by atoms with E-state index in [2.05, 4.69) is 10.5 Å². The van der Waals surface area contributed by atoms with E-state index in [-0.39, 0.29) is 43.9 Å². The van der Waals surface area contributed by atoms with Crippen molar-refractivity contribution in [3.05, 3.63) is 71.4 Å². The van der Waals surface area contributed by atoms with Crippen molar-refractivity contribution in [2.24, 2.45) is 5.14 Å². The summed E-state index contributed by atoms with van der Waals surface area (Å²) in [5.74, 6) is -1.80. The summed E-state index contributed by atoms with van der Waals surface area (Å²) in [5, 5.41) is 30.2. The van der Waals surface area contributed by atoms with Crippen LogP contribution in [-0.2, 0) is 10.0 Å². The van der Waals surface area contributed by atoms with E-state index in [1.165, 1.54) is 25.3 Å². The molecule has 11 nitrogen and oxygen atoms in total. The van der Waals surface area contributed by atoms with Gasteiger partial charge in [-0.2, -0.15) is 5.26 Å². The number of methoxy groups -OCH3 is 1. The molecule has 4 N–H and O–H groups in total. The molecular weight excluding hydrogens is 476 g/mol. The Labute approximate surface area is 198 Å². The van der Waals surface area contributed by atoms with Gasteiger partial charge in [0.2, 0.25) is 10.0 Å². The van der Waals surface area contributed by atoms with Gasteiger partial charge in [0.25, 0.3) is 5.91 Å². The Bertz CT molecular complexity index is 1650. The Morgan fingerprint density at radius 2 is 1.89 bits per heavy atom. The number of nitriles is 1. The van der Waals surface area contributed by atoms with Crippen LogP contribution in [0, 0.1) is 11.3 Å². The molecule has 0 radical (unpaired) electrons. The number of aromatic carboxylic acids is 1. The highest BCUT2D eigenvalue weighted by Gasteiger charge is 2.25. The first-order valence-corrected chi connectivity index (χ1v) is 11.4. The molecule has 0 atom stereocenters. The number of nitrogens with one attached hydrogen (secondary N) is 1. The molecule has 1 amide bonds. The normalized spacial score (nSPS) is 11.1. The number of anilines is 1. The summed E-state index contributed by atoms with van der Waals surface area (Å²) in [6.45, 7) is 0. The highest BCUT2D eigenvalue weighted by Crippen LogP contribution is 2.37. The van der Waals surface area contributed by atoms with E-state index in [0.29, 0.717) is 11.3 Å². The van der Waals surface area contributed by atoms with Gasteiger partial charge in [0.05, 0.1) is 40.3 Å². The van der Waals surface area contributed by atoms with Gasteiger partial charge in [-0.25, -0.2) is 18.4 Å². The quantitative estimate of drug-likeness (QED) is 0.364. The van der Waals surface area contributed by atoms with E-state index in [1.807, 2.05) is 6.07 Å². The molecule has 0 fully saturated rings. The highest BCUT2D eigenvalue weighted by atomic mass is 32.2. The fourth-order valence-corrected chi connectivity index (χ4v) is 4.27. The maximum Gasteiger partial charge on any atom is 0.337 e. The lowest BCUT2D eigenvalue weighted by Gasteiger charge is -2.12. The minimum Gasteiger partial charge on any atom is -0.496 e. The molecule has 35 heavy (non-hydrogen) atoms. The number of hydrogen-bond acceptors (Lipinski definition) is 8. The van der Waals surface area contributed by atoms with Crippen molar-refractivity contribution in [2.45, 2.75) is 4.90 Å². The maximum absolute atomic E-state index is 13.0. The highest BCUT2D eigenvalue weighted by molar-refractivity contribution is 7.89. The summed E-state index contributed by atoms with van der Waals surface area (Å²) in [4.78, 5) is 24.3. The Balaban J connectivity index is 1.86. The van der Waals surface area contributed by atoms with Gasteiger partial charge in [-0.05, 0) is 30.3 Å². The number of hydrogen-bond donors (Lipinski definition) is 3. The number of rotatable bonds is 6. The standard InChI is InChI=1S/C23H16N4O7S/c1-33-18-5-3-2-4-13(18)14-9-16-19(10-20(14)35(25,31)32)34-27-21(16)22(28)26-17-7-6-12(11-24)8-15(17)23(29)30/h2-10H,1H3,(H,26,28)(H,29,30)(H2,25,31,32). The molecule has 0 saturated heterocycles. The van der Waals surface area contributed by atoms with Crippen molar-refractivity contribution >= 4 is 38.6 Å². The average molecular weight is 492 g/mol. The second-order valence-corrected chi connectivity index (χ2v) is 8.78. The fourth-order valence-electron chi connectivity index (χ4n) is 3.52. The van der Waals surface area contributed by atoms with E-state index >= 15 is 0 Å². The summed E-state index contributed by atoms with van der Waals surface area (Å²) in [7, 11) is -2.79. The minimum atomic E-state index is -4.21. The number of ether oxygens (including phenoxy) is 1. The number of carboxylic acids is 1. The van der Waals surface area contributed by atoms with Crippen LogP contribution in [0.4, 0.5) is 5.69 Å². The van der Waals surface area contributed by atoms with Crippen LogP contribution in [0.3, 0.4) is 0 Å². The third kappa shape index (κ3) is 4.41. The van der Waals surface area contributed by atoms with Crippen molar-refractivity contribution in [1.29, 1.82) is 5.26 Å². The van der Waals surface area contributed by atoms with Gasteiger partial charge in [-0.15, -0.1) is 0 Å². The van der Waals surface area contributed by atoms with E-state index in [1.54, 1.807) is 24.3 Å². The number of carboxylic acid groups (broad SMARTS) is 1. The lowest BCUT2D eigenvalue weighted by atomic mass is 10.0. The summed E-state index contributed by atoms with van der Waals surface area (Å²) in [5.41, 5.74) is 0.0337. The van der Waals surface area contributed by atoms with E-state index in [0.717, 1.165) is 12.1 Å². The summed E-state index contributed by atoms with van der Waals surface area (Å²) >= 11 is 0. The zero-order chi connectivity index (χ0) is 25.3. The van der Waals surface area contributed by atoms with Gasteiger partial charge in [0.15, 0.2) is 11.3 Å². The van der Waals surface area contributed by atoms with Crippen LogP contribution in [0.25, 0.3) is 22.1 Å². The van der Waals surface area contributed by atoms with E-state index < -0.39 is 21.9 Å². The number of sulfonamides is 1. The zero-order valence-corrected chi connectivity index (χ0v) is 18.8. The molecule has 0 unspecified atom stereocenters. The molecule has 1 heterocycles. The van der Waals surface area contributed by atoms with Gasteiger partial charge in [0, 0.05) is 17.2 Å². The van der Waals surface area contributed by atoms with Crippen molar-refractivity contribution in [2.75, 3.05) is 12.4 Å². The Morgan fingerprint density at radius 1 is 1.14 bits per heavy atom. The molecule has 4 rings (SSSR count). The van der Waals surface area contributed by atoms with Crippen LogP contribution in [0.15, 0.2) is 64.0 Å². The molecule has 1 aromatic heterocycles. The van der Waals surface area contributed by atoms with Gasteiger partial charge >= 0.3 is 5.97 Å². The second-order valence-electron chi connectivity index (χ2n) is 7.25. The van der Waals surface area contributed by atoms with Crippen LogP contribution < -0.4 is 15.2 Å².